The SMILES string of the molecule is c1ccc(CCn2nnnc2[C@H](c2cccnc2)N2CCCCC2)cc1. The molecule has 6 heteroatoms. The first-order valence-electron chi connectivity index (χ1n) is 9.36. The van der Waals surface area contributed by atoms with E-state index in [1.807, 2.05) is 29.2 Å². The summed E-state index contributed by atoms with van der Waals surface area (Å²) < 4.78 is 1.96. The number of tetrazole rings is 1. The molecule has 134 valence electrons. The van der Waals surface area contributed by atoms with Crippen LogP contribution in [0.2, 0.25) is 0 Å². The Kier molecular flexibility index (Phi) is 5.30. The Hall–Kier alpha value is -2.60. The summed E-state index contributed by atoms with van der Waals surface area (Å²) in [5, 5.41) is 12.7. The average molecular weight is 348 g/mol. The van der Waals surface area contributed by atoms with Crippen molar-refractivity contribution in [1.29, 1.82) is 0 Å². The Morgan fingerprint density at radius 2 is 1.81 bits per heavy atom. The molecule has 1 saturated heterocycles. The van der Waals surface area contributed by atoms with E-state index in [4.69, 9.17) is 0 Å². The summed E-state index contributed by atoms with van der Waals surface area (Å²) in [4.78, 5) is 6.82. The number of rotatable bonds is 6. The van der Waals surface area contributed by atoms with Crippen LogP contribution in [0, 0.1) is 0 Å². The highest BCUT2D eigenvalue weighted by molar-refractivity contribution is 5.22. The number of benzene rings is 1. The second kappa shape index (κ2) is 8.19. The molecular formula is C20H24N6. The fourth-order valence-electron chi connectivity index (χ4n) is 3.68. The molecule has 4 rings (SSSR count). The Morgan fingerprint density at radius 3 is 2.58 bits per heavy atom. The van der Waals surface area contributed by atoms with E-state index in [1.54, 1.807) is 0 Å². The van der Waals surface area contributed by atoms with Gasteiger partial charge < -0.3 is 0 Å². The molecule has 0 N–H and O–H groups in total. The number of piperidine rings is 1. The van der Waals surface area contributed by atoms with Crippen LogP contribution in [0.1, 0.15) is 42.3 Å². The van der Waals surface area contributed by atoms with Gasteiger partial charge in [0.05, 0.1) is 6.04 Å². The topological polar surface area (TPSA) is 59.7 Å². The molecule has 0 aliphatic carbocycles. The number of hydrogen-bond donors (Lipinski definition) is 0. The van der Waals surface area contributed by atoms with E-state index < -0.39 is 0 Å². The Balaban J connectivity index is 1.60. The lowest BCUT2D eigenvalue weighted by molar-refractivity contribution is 0.177. The monoisotopic (exact) mass is 348 g/mol. The average Bonchev–Trinajstić information content (AvgIpc) is 3.17. The number of pyridine rings is 1. The van der Waals surface area contributed by atoms with Gasteiger partial charge in [0.2, 0.25) is 0 Å². The maximum Gasteiger partial charge on any atom is 0.173 e. The Morgan fingerprint density at radius 1 is 0.962 bits per heavy atom. The van der Waals surface area contributed by atoms with Gasteiger partial charge in [-0.1, -0.05) is 42.8 Å². The normalized spacial score (nSPS) is 16.5. The van der Waals surface area contributed by atoms with Gasteiger partial charge in [-0.2, -0.15) is 0 Å². The highest BCUT2D eigenvalue weighted by atomic mass is 15.5. The van der Waals surface area contributed by atoms with Crippen molar-refractivity contribution in [3.8, 4) is 0 Å². The van der Waals surface area contributed by atoms with Gasteiger partial charge in [-0.15, -0.1) is 5.10 Å². The van der Waals surface area contributed by atoms with Crippen LogP contribution in [0.15, 0.2) is 54.9 Å². The number of nitrogens with zero attached hydrogens (tertiary/aromatic N) is 6. The Bertz CT molecular complexity index is 795. The molecule has 0 bridgehead atoms. The van der Waals surface area contributed by atoms with Crippen LogP contribution < -0.4 is 0 Å². The van der Waals surface area contributed by atoms with Crippen molar-refractivity contribution in [2.24, 2.45) is 0 Å². The maximum absolute atomic E-state index is 4.41. The second-order valence-electron chi connectivity index (χ2n) is 6.78. The predicted molar refractivity (Wildman–Crippen MR) is 99.5 cm³/mol. The van der Waals surface area contributed by atoms with Gasteiger partial charge in [0.25, 0.3) is 0 Å². The zero-order valence-corrected chi connectivity index (χ0v) is 14.9. The van der Waals surface area contributed by atoms with Gasteiger partial charge in [-0.25, -0.2) is 4.68 Å². The van der Waals surface area contributed by atoms with Crippen LogP contribution in [-0.2, 0) is 13.0 Å². The Labute approximate surface area is 153 Å². The molecule has 0 spiro atoms. The molecular weight excluding hydrogens is 324 g/mol. The van der Waals surface area contributed by atoms with Crippen LogP contribution in [0.3, 0.4) is 0 Å². The molecule has 0 radical (unpaired) electrons. The van der Waals surface area contributed by atoms with E-state index in [1.165, 1.54) is 24.8 Å². The van der Waals surface area contributed by atoms with E-state index in [-0.39, 0.29) is 6.04 Å². The van der Waals surface area contributed by atoms with E-state index in [0.717, 1.165) is 37.4 Å². The van der Waals surface area contributed by atoms with Gasteiger partial charge in [-0.05, 0) is 60.0 Å². The van der Waals surface area contributed by atoms with Gasteiger partial charge in [0, 0.05) is 18.9 Å². The van der Waals surface area contributed by atoms with E-state index in [2.05, 4.69) is 55.7 Å². The highest BCUT2D eigenvalue weighted by Crippen LogP contribution is 2.29. The zero-order chi connectivity index (χ0) is 17.6. The molecule has 1 aliphatic rings. The van der Waals surface area contributed by atoms with Crippen molar-refractivity contribution in [1.82, 2.24) is 30.1 Å². The van der Waals surface area contributed by atoms with Crippen LogP contribution in [0.5, 0.6) is 0 Å². The molecule has 0 unspecified atom stereocenters. The molecule has 1 atom stereocenters. The lowest BCUT2D eigenvalue weighted by atomic mass is 10.0. The summed E-state index contributed by atoms with van der Waals surface area (Å²) in [7, 11) is 0. The summed E-state index contributed by atoms with van der Waals surface area (Å²) >= 11 is 0. The summed E-state index contributed by atoms with van der Waals surface area (Å²) in [5.74, 6) is 0.913. The molecule has 6 nitrogen and oxygen atoms in total. The summed E-state index contributed by atoms with van der Waals surface area (Å²) in [6, 6.07) is 14.7. The fourth-order valence-corrected chi connectivity index (χ4v) is 3.68. The van der Waals surface area contributed by atoms with Gasteiger partial charge in [-0.3, -0.25) is 9.88 Å². The minimum absolute atomic E-state index is 0.0646. The summed E-state index contributed by atoms with van der Waals surface area (Å²) in [5.41, 5.74) is 2.45. The molecule has 0 amide bonds. The quantitative estimate of drug-likeness (QED) is 0.685. The third-order valence-electron chi connectivity index (χ3n) is 5.02. The van der Waals surface area contributed by atoms with Gasteiger partial charge >= 0.3 is 0 Å². The first-order chi connectivity index (χ1) is 12.9. The highest BCUT2D eigenvalue weighted by Gasteiger charge is 2.28. The van der Waals surface area contributed by atoms with Gasteiger partial charge in [0.15, 0.2) is 5.82 Å². The largest absolute Gasteiger partial charge is 0.290 e. The van der Waals surface area contributed by atoms with Gasteiger partial charge in [0.1, 0.15) is 0 Å². The molecule has 1 aliphatic heterocycles. The molecule has 3 aromatic rings. The zero-order valence-electron chi connectivity index (χ0n) is 14.9. The number of aryl methyl sites for hydroxylation is 2. The predicted octanol–water partition coefficient (Wildman–Crippen LogP) is 2.89. The summed E-state index contributed by atoms with van der Waals surface area (Å²) in [6.07, 6.45) is 8.42. The molecule has 26 heavy (non-hydrogen) atoms. The van der Waals surface area contributed by atoms with E-state index >= 15 is 0 Å². The fraction of sp³-hybridized carbons (Fsp3) is 0.400. The van der Waals surface area contributed by atoms with Crippen molar-refractivity contribution in [3.63, 3.8) is 0 Å². The van der Waals surface area contributed by atoms with Crippen LogP contribution >= 0.6 is 0 Å². The minimum atomic E-state index is 0.0646. The molecule has 1 fully saturated rings. The standard InChI is InChI=1S/C20H24N6/c1-3-8-17(9-4-1)11-15-26-20(22-23-24-26)19(18-10-7-12-21-16-18)25-13-5-2-6-14-25/h1,3-4,7-10,12,16,19H,2,5-6,11,13-15H2/t19-/m0/s1. The molecule has 1 aromatic carbocycles. The van der Waals surface area contributed by atoms with Crippen LogP contribution in [0.25, 0.3) is 0 Å². The lowest BCUT2D eigenvalue weighted by Gasteiger charge is -2.33. The van der Waals surface area contributed by atoms with Crippen LogP contribution in [-0.4, -0.2) is 43.2 Å². The van der Waals surface area contributed by atoms with Crippen LogP contribution in [0.4, 0.5) is 0 Å². The smallest absolute Gasteiger partial charge is 0.173 e. The molecule has 0 saturated carbocycles. The number of aromatic nitrogens is 5. The first kappa shape index (κ1) is 16.8. The summed E-state index contributed by atoms with van der Waals surface area (Å²) in [6.45, 7) is 2.92. The van der Waals surface area contributed by atoms with Crippen molar-refractivity contribution >= 4 is 0 Å². The lowest BCUT2D eigenvalue weighted by Crippen LogP contribution is -2.36. The van der Waals surface area contributed by atoms with Crippen molar-refractivity contribution in [3.05, 3.63) is 71.8 Å². The molecule has 2 aromatic heterocycles. The third-order valence-corrected chi connectivity index (χ3v) is 5.02. The third kappa shape index (κ3) is 3.80. The number of hydrogen-bond acceptors (Lipinski definition) is 5. The van der Waals surface area contributed by atoms with Crippen molar-refractivity contribution in [2.75, 3.05) is 13.1 Å². The number of likely N-dealkylation sites (tertiary alicyclic amines) is 1. The van der Waals surface area contributed by atoms with E-state index in [9.17, 15) is 0 Å². The van der Waals surface area contributed by atoms with E-state index in [0.29, 0.717) is 0 Å². The first-order valence-corrected chi connectivity index (χ1v) is 9.36. The molecule has 3 heterocycles. The minimum Gasteiger partial charge on any atom is -0.290 e. The maximum atomic E-state index is 4.41. The van der Waals surface area contributed by atoms with Crippen molar-refractivity contribution in [2.45, 2.75) is 38.3 Å². The second-order valence-corrected chi connectivity index (χ2v) is 6.78. The van der Waals surface area contributed by atoms with Crippen molar-refractivity contribution < 1.29 is 0 Å².